The van der Waals surface area contributed by atoms with Crippen LogP contribution in [0.25, 0.3) is 0 Å². The first-order valence-corrected chi connectivity index (χ1v) is 4.70. The molecule has 1 aromatic heterocycles. The van der Waals surface area contributed by atoms with Crippen molar-refractivity contribution in [1.29, 1.82) is 0 Å². The molecule has 1 N–H and O–H groups in total. The van der Waals surface area contributed by atoms with Gasteiger partial charge in [-0.15, -0.1) is 0 Å². The Morgan fingerprint density at radius 3 is 2.93 bits per heavy atom. The third kappa shape index (κ3) is 2.80. The van der Waals surface area contributed by atoms with E-state index in [1.54, 1.807) is 12.1 Å². The number of hydrogen-bond acceptors (Lipinski definition) is 3. The second-order valence-corrected chi connectivity index (χ2v) is 2.93. The van der Waals surface area contributed by atoms with Crippen LogP contribution in [0, 0.1) is 0 Å². The number of carbonyl (C=O) groups is 1. The molecule has 0 unspecified atom stereocenters. The van der Waals surface area contributed by atoms with E-state index in [9.17, 15) is 4.79 Å². The van der Waals surface area contributed by atoms with Gasteiger partial charge in [-0.05, 0) is 12.5 Å². The summed E-state index contributed by atoms with van der Waals surface area (Å²) in [4.78, 5) is 11.4. The lowest BCUT2D eigenvalue weighted by atomic mass is 10.3. The van der Waals surface area contributed by atoms with E-state index in [-0.39, 0.29) is 11.7 Å². The summed E-state index contributed by atoms with van der Waals surface area (Å²) >= 11 is 0. The summed E-state index contributed by atoms with van der Waals surface area (Å²) in [7, 11) is 1.50. The van der Waals surface area contributed by atoms with E-state index in [4.69, 9.17) is 9.15 Å². The normalized spacial score (nSPS) is 9.86. The van der Waals surface area contributed by atoms with Gasteiger partial charge in [0.15, 0.2) is 5.76 Å². The van der Waals surface area contributed by atoms with Gasteiger partial charge < -0.3 is 14.5 Å². The fourth-order valence-electron chi connectivity index (χ4n) is 1.02. The second-order valence-electron chi connectivity index (χ2n) is 2.93. The molecular formula is C10H15NO3. The molecule has 0 aliphatic rings. The minimum Gasteiger partial charge on any atom is -0.468 e. The zero-order valence-corrected chi connectivity index (χ0v) is 8.50. The first-order chi connectivity index (χ1) is 6.77. The van der Waals surface area contributed by atoms with Crippen LogP contribution in [0.5, 0.6) is 5.95 Å². The van der Waals surface area contributed by atoms with Crippen LogP contribution in [-0.2, 0) is 0 Å². The Balaban J connectivity index is 2.44. The number of nitrogens with one attached hydrogen (secondary N) is 1. The van der Waals surface area contributed by atoms with E-state index in [2.05, 4.69) is 12.2 Å². The van der Waals surface area contributed by atoms with Gasteiger partial charge in [0.1, 0.15) is 0 Å². The van der Waals surface area contributed by atoms with Gasteiger partial charge in [0.2, 0.25) is 0 Å². The molecule has 14 heavy (non-hydrogen) atoms. The molecule has 0 atom stereocenters. The smallest absolute Gasteiger partial charge is 0.287 e. The summed E-state index contributed by atoms with van der Waals surface area (Å²) in [5, 5.41) is 2.75. The Labute approximate surface area is 83.2 Å². The quantitative estimate of drug-likeness (QED) is 0.732. The summed E-state index contributed by atoms with van der Waals surface area (Å²) < 4.78 is 9.91. The van der Waals surface area contributed by atoms with Crippen molar-refractivity contribution >= 4 is 5.91 Å². The molecule has 0 aliphatic heterocycles. The number of carbonyl (C=O) groups excluding carboxylic acids is 1. The zero-order valence-electron chi connectivity index (χ0n) is 8.50. The van der Waals surface area contributed by atoms with Crippen molar-refractivity contribution in [2.45, 2.75) is 19.8 Å². The average molecular weight is 197 g/mol. The maximum absolute atomic E-state index is 11.4. The fraction of sp³-hybridized carbons (Fsp3) is 0.500. The number of ether oxygens (including phenoxy) is 1. The summed E-state index contributed by atoms with van der Waals surface area (Å²) in [6, 6.07) is 3.22. The predicted octanol–water partition coefficient (Wildman–Crippen LogP) is 1.82. The van der Waals surface area contributed by atoms with Crippen molar-refractivity contribution in [3.05, 3.63) is 17.9 Å². The number of furan rings is 1. The molecule has 0 aliphatic carbocycles. The lowest BCUT2D eigenvalue weighted by molar-refractivity contribution is 0.0919. The molecule has 1 amide bonds. The third-order valence-electron chi connectivity index (χ3n) is 1.82. The number of amides is 1. The van der Waals surface area contributed by atoms with Crippen LogP contribution >= 0.6 is 0 Å². The number of rotatable bonds is 5. The van der Waals surface area contributed by atoms with Gasteiger partial charge >= 0.3 is 0 Å². The molecule has 0 aromatic carbocycles. The van der Waals surface area contributed by atoms with Gasteiger partial charge in [0, 0.05) is 12.6 Å². The SMILES string of the molecule is CCCCNC(=O)c1ccc(OC)o1. The summed E-state index contributed by atoms with van der Waals surface area (Å²) in [5.41, 5.74) is 0. The molecule has 0 spiro atoms. The van der Waals surface area contributed by atoms with Crippen molar-refractivity contribution in [2.24, 2.45) is 0 Å². The van der Waals surface area contributed by atoms with E-state index in [1.807, 2.05) is 0 Å². The maximum atomic E-state index is 11.4. The monoisotopic (exact) mass is 197 g/mol. The Bertz CT molecular complexity index is 293. The Kier molecular flexibility index (Phi) is 4.04. The summed E-state index contributed by atoms with van der Waals surface area (Å²) in [5.74, 6) is 0.449. The van der Waals surface area contributed by atoms with Gasteiger partial charge in [-0.1, -0.05) is 13.3 Å². The largest absolute Gasteiger partial charge is 0.468 e. The van der Waals surface area contributed by atoms with Crippen LogP contribution < -0.4 is 10.1 Å². The molecule has 1 heterocycles. The van der Waals surface area contributed by atoms with E-state index < -0.39 is 0 Å². The molecule has 0 fully saturated rings. The van der Waals surface area contributed by atoms with Crippen molar-refractivity contribution in [2.75, 3.05) is 13.7 Å². The van der Waals surface area contributed by atoms with E-state index in [0.717, 1.165) is 12.8 Å². The first-order valence-electron chi connectivity index (χ1n) is 4.70. The maximum Gasteiger partial charge on any atom is 0.287 e. The summed E-state index contributed by atoms with van der Waals surface area (Å²) in [6.45, 7) is 2.75. The minimum atomic E-state index is -0.193. The van der Waals surface area contributed by atoms with Gasteiger partial charge in [-0.3, -0.25) is 4.79 Å². The predicted molar refractivity (Wildman–Crippen MR) is 52.5 cm³/mol. The highest BCUT2D eigenvalue weighted by Crippen LogP contribution is 2.14. The van der Waals surface area contributed by atoms with Crippen LogP contribution in [0.4, 0.5) is 0 Å². The van der Waals surface area contributed by atoms with Crippen LogP contribution in [0.3, 0.4) is 0 Å². The molecule has 1 rings (SSSR count). The minimum absolute atomic E-state index is 0.193. The molecule has 4 nitrogen and oxygen atoms in total. The lowest BCUT2D eigenvalue weighted by Crippen LogP contribution is -2.23. The Morgan fingerprint density at radius 2 is 2.36 bits per heavy atom. The van der Waals surface area contributed by atoms with Crippen LogP contribution in [0.1, 0.15) is 30.3 Å². The van der Waals surface area contributed by atoms with Crippen molar-refractivity contribution in [3.63, 3.8) is 0 Å². The van der Waals surface area contributed by atoms with E-state index in [1.165, 1.54) is 7.11 Å². The highest BCUT2D eigenvalue weighted by atomic mass is 16.6. The summed E-state index contributed by atoms with van der Waals surface area (Å²) in [6.07, 6.45) is 2.03. The zero-order chi connectivity index (χ0) is 10.4. The molecular weight excluding hydrogens is 182 g/mol. The number of methoxy groups -OCH3 is 1. The van der Waals surface area contributed by atoms with Gasteiger partial charge in [0.25, 0.3) is 11.9 Å². The third-order valence-corrected chi connectivity index (χ3v) is 1.82. The molecule has 0 bridgehead atoms. The van der Waals surface area contributed by atoms with Crippen LogP contribution in [0.2, 0.25) is 0 Å². The highest BCUT2D eigenvalue weighted by Gasteiger charge is 2.09. The van der Waals surface area contributed by atoms with Gasteiger partial charge in [-0.25, -0.2) is 0 Å². The van der Waals surface area contributed by atoms with Crippen molar-refractivity contribution in [3.8, 4) is 5.95 Å². The average Bonchev–Trinajstić information content (AvgIpc) is 2.66. The van der Waals surface area contributed by atoms with Gasteiger partial charge in [0.05, 0.1) is 7.11 Å². The Morgan fingerprint density at radius 1 is 1.57 bits per heavy atom. The van der Waals surface area contributed by atoms with Crippen molar-refractivity contribution in [1.82, 2.24) is 5.32 Å². The number of unbranched alkanes of at least 4 members (excludes halogenated alkanes) is 1. The molecule has 4 heteroatoms. The molecule has 0 radical (unpaired) electrons. The topological polar surface area (TPSA) is 51.5 Å². The van der Waals surface area contributed by atoms with E-state index in [0.29, 0.717) is 12.5 Å². The molecule has 78 valence electrons. The van der Waals surface area contributed by atoms with E-state index >= 15 is 0 Å². The highest BCUT2D eigenvalue weighted by molar-refractivity contribution is 5.91. The number of hydrogen-bond donors (Lipinski definition) is 1. The second kappa shape index (κ2) is 5.32. The molecule has 1 aromatic rings. The van der Waals surface area contributed by atoms with Crippen molar-refractivity contribution < 1.29 is 13.9 Å². The van der Waals surface area contributed by atoms with Gasteiger partial charge in [-0.2, -0.15) is 0 Å². The first kappa shape index (κ1) is 10.6. The van der Waals surface area contributed by atoms with Crippen LogP contribution in [0.15, 0.2) is 16.5 Å². The van der Waals surface area contributed by atoms with Crippen LogP contribution in [-0.4, -0.2) is 19.6 Å². The molecule has 0 saturated carbocycles. The standard InChI is InChI=1S/C10H15NO3/c1-3-4-7-11-10(12)8-5-6-9(13-2)14-8/h5-6H,3-4,7H2,1-2H3,(H,11,12). The molecule has 0 saturated heterocycles. The fourth-order valence-corrected chi connectivity index (χ4v) is 1.02. The lowest BCUT2D eigenvalue weighted by Gasteiger charge is -2.00. The Hall–Kier alpha value is -1.45.